The number of hydrogen-bond donors (Lipinski definition) is 0. The highest BCUT2D eigenvalue weighted by atomic mass is 32.2. The van der Waals surface area contributed by atoms with Crippen molar-refractivity contribution in [3.05, 3.63) is 30.1 Å². The van der Waals surface area contributed by atoms with Gasteiger partial charge in [-0.1, -0.05) is 12.1 Å². The highest BCUT2D eigenvalue weighted by molar-refractivity contribution is 7.85. The minimum Gasteiger partial charge on any atom is -0.253 e. The molecule has 62 valence electrons. The van der Waals surface area contributed by atoms with Crippen LogP contribution in [0.4, 0.5) is 4.39 Å². The van der Waals surface area contributed by atoms with Crippen molar-refractivity contribution in [1.82, 2.24) is 0 Å². The summed E-state index contributed by atoms with van der Waals surface area (Å²) in [5, 5.41) is 8.22. The fourth-order valence-electron chi connectivity index (χ4n) is 0.766. The molecule has 0 aliphatic carbocycles. The molecule has 0 N–H and O–H groups in total. The standard InChI is InChI=1S/C8H6FNOS/c9-7-3-1-2-4-8(7)12(11)6-5-10/h1-4H,6H2. The molecule has 0 fully saturated rings. The predicted octanol–water partition coefficient (Wildman–Crippen LogP) is 1.46. The van der Waals surface area contributed by atoms with Crippen LogP contribution in [-0.4, -0.2) is 9.96 Å². The van der Waals surface area contributed by atoms with Gasteiger partial charge in [0.2, 0.25) is 0 Å². The zero-order chi connectivity index (χ0) is 8.97. The first-order valence-electron chi connectivity index (χ1n) is 3.25. The molecule has 2 nitrogen and oxygen atoms in total. The molecule has 4 heteroatoms. The van der Waals surface area contributed by atoms with Crippen LogP contribution >= 0.6 is 0 Å². The molecule has 0 aliphatic rings. The SMILES string of the molecule is N#CCS(=O)c1ccccc1F. The van der Waals surface area contributed by atoms with E-state index in [9.17, 15) is 8.60 Å². The first kappa shape index (κ1) is 8.88. The maximum atomic E-state index is 12.9. The monoisotopic (exact) mass is 183 g/mol. The van der Waals surface area contributed by atoms with Crippen LogP contribution < -0.4 is 0 Å². The molecule has 0 amide bonds. The number of rotatable bonds is 2. The third-order valence-electron chi connectivity index (χ3n) is 1.28. The lowest BCUT2D eigenvalue weighted by Gasteiger charge is -1.97. The van der Waals surface area contributed by atoms with E-state index in [0.717, 1.165) is 0 Å². The molecule has 0 heterocycles. The van der Waals surface area contributed by atoms with Crippen LogP contribution in [0.25, 0.3) is 0 Å². The van der Waals surface area contributed by atoms with E-state index in [-0.39, 0.29) is 10.6 Å². The van der Waals surface area contributed by atoms with Gasteiger partial charge in [0, 0.05) is 0 Å². The number of halogens is 1. The summed E-state index contributed by atoms with van der Waals surface area (Å²) in [7, 11) is -1.53. The molecular weight excluding hydrogens is 177 g/mol. The molecular formula is C8H6FNOS. The van der Waals surface area contributed by atoms with E-state index in [0.29, 0.717) is 0 Å². The van der Waals surface area contributed by atoms with Crippen molar-refractivity contribution in [3.63, 3.8) is 0 Å². The van der Waals surface area contributed by atoms with Gasteiger partial charge in [-0.2, -0.15) is 5.26 Å². The van der Waals surface area contributed by atoms with E-state index in [2.05, 4.69) is 0 Å². The lowest BCUT2D eigenvalue weighted by molar-refractivity contribution is 0.596. The normalized spacial score (nSPS) is 12.0. The van der Waals surface area contributed by atoms with E-state index in [1.807, 2.05) is 0 Å². The molecule has 0 saturated heterocycles. The van der Waals surface area contributed by atoms with Crippen LogP contribution in [-0.2, 0) is 10.8 Å². The molecule has 0 aromatic heterocycles. The molecule has 0 saturated carbocycles. The Labute approximate surface area is 72.1 Å². The summed E-state index contributed by atoms with van der Waals surface area (Å²) in [6.07, 6.45) is 0. The maximum absolute atomic E-state index is 12.9. The number of hydrogen-bond acceptors (Lipinski definition) is 2. The smallest absolute Gasteiger partial charge is 0.139 e. The lowest BCUT2D eigenvalue weighted by atomic mass is 10.3. The Kier molecular flexibility index (Phi) is 2.94. The quantitative estimate of drug-likeness (QED) is 0.696. The van der Waals surface area contributed by atoms with Crippen molar-refractivity contribution in [2.75, 3.05) is 5.75 Å². The van der Waals surface area contributed by atoms with Gasteiger partial charge < -0.3 is 0 Å². The number of nitriles is 1. The Morgan fingerprint density at radius 2 is 2.17 bits per heavy atom. The van der Waals surface area contributed by atoms with Gasteiger partial charge in [0.15, 0.2) is 0 Å². The van der Waals surface area contributed by atoms with Gasteiger partial charge in [0.05, 0.1) is 21.8 Å². The summed E-state index contributed by atoms with van der Waals surface area (Å²) in [6.45, 7) is 0. The van der Waals surface area contributed by atoms with Crippen LogP contribution in [0.1, 0.15) is 0 Å². The summed E-state index contributed by atoms with van der Waals surface area (Å²) in [4.78, 5) is 0.0963. The largest absolute Gasteiger partial charge is 0.253 e. The molecule has 1 unspecified atom stereocenters. The van der Waals surface area contributed by atoms with Crippen LogP contribution in [0, 0.1) is 17.1 Å². The van der Waals surface area contributed by atoms with E-state index in [1.54, 1.807) is 12.1 Å². The summed E-state index contributed by atoms with van der Waals surface area (Å²) in [5.74, 6) is -0.688. The topological polar surface area (TPSA) is 40.9 Å². The first-order valence-corrected chi connectivity index (χ1v) is 4.57. The van der Waals surface area contributed by atoms with Crippen LogP contribution in [0.5, 0.6) is 0 Å². The Balaban J connectivity index is 2.97. The van der Waals surface area contributed by atoms with Gasteiger partial charge in [-0.05, 0) is 12.1 Å². The molecule has 12 heavy (non-hydrogen) atoms. The van der Waals surface area contributed by atoms with E-state index in [1.165, 1.54) is 18.2 Å². The molecule has 1 aromatic carbocycles. The number of nitrogens with zero attached hydrogens (tertiary/aromatic N) is 1. The Morgan fingerprint density at radius 1 is 1.50 bits per heavy atom. The van der Waals surface area contributed by atoms with Gasteiger partial charge in [0.25, 0.3) is 0 Å². The highest BCUT2D eigenvalue weighted by Gasteiger charge is 2.07. The van der Waals surface area contributed by atoms with Gasteiger partial charge in [-0.3, -0.25) is 4.21 Å². The van der Waals surface area contributed by atoms with Crippen molar-refractivity contribution < 1.29 is 8.60 Å². The summed E-state index contributed by atoms with van der Waals surface area (Å²) >= 11 is 0. The van der Waals surface area contributed by atoms with E-state index in [4.69, 9.17) is 5.26 Å². The van der Waals surface area contributed by atoms with Crippen molar-refractivity contribution >= 4 is 10.8 Å². The maximum Gasteiger partial charge on any atom is 0.139 e. The van der Waals surface area contributed by atoms with Gasteiger partial charge >= 0.3 is 0 Å². The third-order valence-corrected chi connectivity index (χ3v) is 2.49. The van der Waals surface area contributed by atoms with Crippen LogP contribution in [0.15, 0.2) is 29.2 Å². The predicted molar refractivity (Wildman–Crippen MR) is 43.3 cm³/mol. The Bertz CT molecular complexity index is 345. The minimum atomic E-state index is -1.53. The first-order chi connectivity index (χ1) is 5.75. The van der Waals surface area contributed by atoms with Gasteiger partial charge in [-0.25, -0.2) is 4.39 Å². The summed E-state index contributed by atoms with van der Waals surface area (Å²) < 4.78 is 24.0. The molecule has 1 atom stereocenters. The second kappa shape index (κ2) is 3.98. The fourth-order valence-corrected chi connectivity index (χ4v) is 1.55. The van der Waals surface area contributed by atoms with Crippen molar-refractivity contribution in [2.24, 2.45) is 0 Å². The number of benzene rings is 1. The molecule has 0 spiro atoms. The highest BCUT2D eigenvalue weighted by Crippen LogP contribution is 2.10. The molecule has 1 rings (SSSR count). The lowest BCUT2D eigenvalue weighted by Crippen LogP contribution is -1.97. The fraction of sp³-hybridized carbons (Fsp3) is 0.125. The molecule has 0 aliphatic heterocycles. The van der Waals surface area contributed by atoms with E-state index >= 15 is 0 Å². The van der Waals surface area contributed by atoms with Crippen LogP contribution in [0.3, 0.4) is 0 Å². The third kappa shape index (κ3) is 1.89. The zero-order valence-corrected chi connectivity index (χ0v) is 6.97. The summed E-state index contributed by atoms with van der Waals surface area (Å²) in [6, 6.07) is 7.48. The van der Waals surface area contributed by atoms with Gasteiger partial charge in [-0.15, -0.1) is 0 Å². The zero-order valence-electron chi connectivity index (χ0n) is 6.16. The summed E-state index contributed by atoms with van der Waals surface area (Å²) in [5.41, 5.74) is 0. The molecule has 1 aromatic rings. The van der Waals surface area contributed by atoms with Crippen molar-refractivity contribution in [1.29, 1.82) is 5.26 Å². The molecule has 0 bridgehead atoms. The molecule has 0 radical (unpaired) electrons. The van der Waals surface area contributed by atoms with E-state index < -0.39 is 16.6 Å². The van der Waals surface area contributed by atoms with Crippen LogP contribution in [0.2, 0.25) is 0 Å². The Hall–Kier alpha value is -1.21. The average molecular weight is 183 g/mol. The van der Waals surface area contributed by atoms with Crippen molar-refractivity contribution in [3.8, 4) is 6.07 Å². The minimum absolute atomic E-state index is 0.0963. The Morgan fingerprint density at radius 3 is 2.75 bits per heavy atom. The van der Waals surface area contributed by atoms with Crippen molar-refractivity contribution in [2.45, 2.75) is 4.90 Å². The average Bonchev–Trinajstić information content (AvgIpc) is 2.05. The second-order valence-corrected chi connectivity index (χ2v) is 3.50. The van der Waals surface area contributed by atoms with Gasteiger partial charge in [0.1, 0.15) is 11.6 Å². The second-order valence-electron chi connectivity index (χ2n) is 2.08.